The molecule has 0 aliphatic carbocycles. The Morgan fingerprint density at radius 2 is 2.29 bits per heavy atom. The maximum atomic E-state index is 12.1. The van der Waals surface area contributed by atoms with E-state index in [9.17, 15) is 4.79 Å². The predicted molar refractivity (Wildman–Crippen MR) is 81.7 cm³/mol. The van der Waals surface area contributed by atoms with Crippen LogP contribution in [0.2, 0.25) is 0 Å². The molecule has 2 aromatic heterocycles. The Hall–Kier alpha value is -2.95. The van der Waals surface area contributed by atoms with E-state index in [2.05, 4.69) is 22.0 Å². The molecule has 5 nitrogen and oxygen atoms in total. The Kier molecular flexibility index (Phi) is 4.82. The summed E-state index contributed by atoms with van der Waals surface area (Å²) in [6, 6.07) is 5.10. The van der Waals surface area contributed by atoms with E-state index in [1.54, 1.807) is 30.5 Å². The van der Waals surface area contributed by atoms with Crippen LogP contribution in [0.25, 0.3) is 5.57 Å². The van der Waals surface area contributed by atoms with Gasteiger partial charge in [0.25, 0.3) is 5.91 Å². The fourth-order valence-corrected chi connectivity index (χ4v) is 1.67. The van der Waals surface area contributed by atoms with E-state index in [1.807, 2.05) is 25.2 Å². The van der Waals surface area contributed by atoms with Gasteiger partial charge in [0.1, 0.15) is 5.69 Å². The molecule has 2 rings (SSSR count). The zero-order valence-corrected chi connectivity index (χ0v) is 11.6. The number of nitrogens with zero attached hydrogens (tertiary/aromatic N) is 2. The Labute approximate surface area is 122 Å². The number of hydrogen-bond donors (Lipinski definition) is 1. The van der Waals surface area contributed by atoms with Crippen molar-refractivity contribution in [3.63, 3.8) is 0 Å². The van der Waals surface area contributed by atoms with Gasteiger partial charge in [-0.2, -0.15) is 0 Å². The molecule has 2 aromatic rings. The van der Waals surface area contributed by atoms with Crippen LogP contribution < -0.4 is 5.32 Å². The van der Waals surface area contributed by atoms with Gasteiger partial charge in [0.2, 0.25) is 5.88 Å². The van der Waals surface area contributed by atoms with Gasteiger partial charge in [-0.15, -0.1) is 0 Å². The van der Waals surface area contributed by atoms with Gasteiger partial charge in [-0.05, 0) is 24.6 Å². The maximum absolute atomic E-state index is 12.1. The average molecular weight is 281 g/mol. The minimum Gasteiger partial charge on any atom is -0.338 e. The highest BCUT2D eigenvalue weighted by Gasteiger charge is 2.15. The number of nitrogens with one attached hydrogen (secondary N) is 1. The van der Waals surface area contributed by atoms with E-state index in [0.717, 1.165) is 5.57 Å². The molecule has 5 heteroatoms. The first-order valence-electron chi connectivity index (χ1n) is 6.39. The summed E-state index contributed by atoms with van der Waals surface area (Å²) in [4.78, 5) is 16.1. The van der Waals surface area contributed by atoms with Gasteiger partial charge in [0.15, 0.2) is 0 Å². The molecule has 0 fully saturated rings. The number of hydrogen-bond acceptors (Lipinski definition) is 4. The summed E-state index contributed by atoms with van der Waals surface area (Å²) in [6.07, 6.45) is 10.4. The van der Waals surface area contributed by atoms with Gasteiger partial charge in [-0.25, -0.2) is 0 Å². The predicted octanol–water partition coefficient (Wildman–Crippen LogP) is 3.47. The topological polar surface area (TPSA) is 68.0 Å². The lowest BCUT2D eigenvalue weighted by atomic mass is 10.1. The van der Waals surface area contributed by atoms with E-state index in [0.29, 0.717) is 11.3 Å². The average Bonchev–Trinajstić information content (AvgIpc) is 2.97. The van der Waals surface area contributed by atoms with Crippen LogP contribution in [0, 0.1) is 0 Å². The number of amides is 1. The fraction of sp³-hybridized carbons (Fsp3) is 0.0625. The van der Waals surface area contributed by atoms with Gasteiger partial charge < -0.3 is 4.52 Å². The molecule has 0 radical (unpaired) electrons. The van der Waals surface area contributed by atoms with E-state index in [4.69, 9.17) is 4.52 Å². The fourth-order valence-electron chi connectivity index (χ4n) is 1.67. The number of carbonyl (C=O) groups is 1. The standard InChI is InChI=1S/C16H15N3O2/c1-3-5-8-12(4-2)13-11-18-21-16(13)19-15(20)14-9-6-7-10-17-14/h3-11H,2H2,1H3,(H,19,20)/b5-3-,12-8+. The Balaban J connectivity index is 2.25. The lowest BCUT2D eigenvalue weighted by Gasteiger charge is -2.03. The van der Waals surface area contributed by atoms with Gasteiger partial charge in [0, 0.05) is 6.20 Å². The van der Waals surface area contributed by atoms with Crippen molar-refractivity contribution >= 4 is 17.4 Å². The highest BCUT2D eigenvalue weighted by molar-refractivity contribution is 6.03. The second-order valence-electron chi connectivity index (χ2n) is 4.09. The molecule has 0 saturated carbocycles. The molecule has 0 bridgehead atoms. The van der Waals surface area contributed by atoms with Gasteiger partial charge >= 0.3 is 0 Å². The normalized spacial score (nSPS) is 11.6. The molecule has 0 aliphatic heterocycles. The van der Waals surface area contributed by atoms with Crippen molar-refractivity contribution in [2.24, 2.45) is 0 Å². The number of aromatic nitrogens is 2. The lowest BCUT2D eigenvalue weighted by molar-refractivity contribution is 0.101. The van der Waals surface area contributed by atoms with Crippen molar-refractivity contribution in [2.45, 2.75) is 6.92 Å². The highest BCUT2D eigenvalue weighted by Crippen LogP contribution is 2.25. The van der Waals surface area contributed by atoms with E-state index < -0.39 is 0 Å². The van der Waals surface area contributed by atoms with Crippen LogP contribution in [0.15, 0.2) is 66.0 Å². The molecule has 0 saturated heterocycles. The molecule has 2 heterocycles. The highest BCUT2D eigenvalue weighted by atomic mass is 16.5. The summed E-state index contributed by atoms with van der Waals surface area (Å²) in [5.41, 5.74) is 1.76. The summed E-state index contributed by atoms with van der Waals surface area (Å²) >= 11 is 0. The molecule has 0 aliphatic rings. The smallest absolute Gasteiger partial charge is 0.276 e. The first-order valence-corrected chi connectivity index (χ1v) is 6.39. The molecule has 1 amide bonds. The van der Waals surface area contributed by atoms with E-state index in [1.165, 1.54) is 6.20 Å². The Bertz CT molecular complexity index is 685. The summed E-state index contributed by atoms with van der Waals surface area (Å²) in [5.74, 6) is -0.0932. The van der Waals surface area contributed by atoms with Crippen molar-refractivity contribution < 1.29 is 9.32 Å². The minimum absolute atomic E-state index is 0.265. The minimum atomic E-state index is -0.358. The lowest BCUT2D eigenvalue weighted by Crippen LogP contribution is -2.13. The van der Waals surface area contributed by atoms with Crippen molar-refractivity contribution in [1.82, 2.24) is 10.1 Å². The zero-order valence-electron chi connectivity index (χ0n) is 11.6. The van der Waals surface area contributed by atoms with Crippen LogP contribution in [0.3, 0.4) is 0 Å². The van der Waals surface area contributed by atoms with Gasteiger partial charge in [0.05, 0.1) is 11.8 Å². The molecule has 0 atom stereocenters. The molecule has 106 valence electrons. The summed E-state index contributed by atoms with van der Waals surface area (Å²) in [5, 5.41) is 6.38. The monoisotopic (exact) mass is 281 g/mol. The second kappa shape index (κ2) is 7.00. The number of rotatable bonds is 5. The summed E-state index contributed by atoms with van der Waals surface area (Å²) in [7, 11) is 0. The number of carbonyl (C=O) groups excluding carboxylic acids is 1. The first-order chi connectivity index (χ1) is 10.3. The summed E-state index contributed by atoms with van der Waals surface area (Å²) in [6.45, 7) is 5.66. The number of pyridine rings is 1. The second-order valence-corrected chi connectivity index (χ2v) is 4.09. The quantitative estimate of drug-likeness (QED) is 0.852. The molecular formula is C16H15N3O2. The van der Waals surface area contributed by atoms with Crippen LogP contribution in [-0.2, 0) is 0 Å². The third-order valence-electron chi connectivity index (χ3n) is 2.69. The van der Waals surface area contributed by atoms with Crippen molar-refractivity contribution in [2.75, 3.05) is 5.32 Å². The number of allylic oxidation sites excluding steroid dienone is 5. The van der Waals surface area contributed by atoms with E-state index in [-0.39, 0.29) is 11.8 Å². The Morgan fingerprint density at radius 1 is 1.43 bits per heavy atom. The van der Waals surface area contributed by atoms with Crippen LogP contribution in [0.5, 0.6) is 0 Å². The van der Waals surface area contributed by atoms with Crippen molar-refractivity contribution in [3.8, 4) is 0 Å². The van der Waals surface area contributed by atoms with Crippen LogP contribution >= 0.6 is 0 Å². The third-order valence-corrected chi connectivity index (χ3v) is 2.69. The summed E-state index contributed by atoms with van der Waals surface area (Å²) < 4.78 is 5.10. The van der Waals surface area contributed by atoms with Crippen LogP contribution in [0.4, 0.5) is 5.88 Å². The largest absolute Gasteiger partial charge is 0.338 e. The van der Waals surface area contributed by atoms with Crippen molar-refractivity contribution in [3.05, 3.63) is 72.7 Å². The third kappa shape index (κ3) is 3.54. The van der Waals surface area contributed by atoms with Gasteiger partial charge in [-0.1, -0.05) is 42.1 Å². The Morgan fingerprint density at radius 3 is 2.95 bits per heavy atom. The zero-order chi connectivity index (χ0) is 15.1. The van der Waals surface area contributed by atoms with Crippen LogP contribution in [0.1, 0.15) is 23.0 Å². The van der Waals surface area contributed by atoms with Crippen LogP contribution in [-0.4, -0.2) is 16.0 Å². The molecule has 0 unspecified atom stereocenters. The maximum Gasteiger partial charge on any atom is 0.276 e. The van der Waals surface area contributed by atoms with Gasteiger partial charge in [-0.3, -0.25) is 15.1 Å². The molecule has 0 spiro atoms. The molecule has 21 heavy (non-hydrogen) atoms. The van der Waals surface area contributed by atoms with Crippen molar-refractivity contribution in [1.29, 1.82) is 0 Å². The molecular weight excluding hydrogens is 266 g/mol. The van der Waals surface area contributed by atoms with E-state index >= 15 is 0 Å². The molecule has 0 aromatic carbocycles. The molecule has 1 N–H and O–H groups in total. The first kappa shape index (κ1) is 14.5. The SMILES string of the molecule is C=C/C(=C\C=C/C)c1cnoc1NC(=O)c1ccccn1. The number of anilines is 1.